The maximum absolute atomic E-state index is 11.7. The monoisotopic (exact) mass is 371 g/mol. The van der Waals surface area contributed by atoms with Crippen LogP contribution in [-0.2, 0) is 4.79 Å². The van der Waals surface area contributed by atoms with Crippen LogP contribution in [0.2, 0.25) is 15.1 Å². The minimum atomic E-state index is -0.327. The summed E-state index contributed by atoms with van der Waals surface area (Å²) in [7, 11) is 0. The van der Waals surface area contributed by atoms with Gasteiger partial charge in [0.25, 0.3) is 5.91 Å². The summed E-state index contributed by atoms with van der Waals surface area (Å²) >= 11 is 17.3. The van der Waals surface area contributed by atoms with Gasteiger partial charge in [0.2, 0.25) is 0 Å². The number of carbonyl (C=O) groups excluding carboxylic acids is 1. The number of phenols is 1. The maximum atomic E-state index is 11.7. The molecule has 0 aliphatic carbocycles. The number of benzene rings is 2. The molecule has 2 rings (SSSR count). The molecule has 0 saturated heterocycles. The molecule has 0 aromatic heterocycles. The summed E-state index contributed by atoms with van der Waals surface area (Å²) in [4.78, 5) is 11.7. The summed E-state index contributed by atoms with van der Waals surface area (Å²) < 4.78 is 0. The largest absolute Gasteiger partial charge is 0.505 e. The van der Waals surface area contributed by atoms with Crippen LogP contribution in [0.1, 0.15) is 5.56 Å². The molecule has 0 unspecified atom stereocenters. The van der Waals surface area contributed by atoms with Crippen molar-refractivity contribution in [2.24, 2.45) is 5.10 Å². The van der Waals surface area contributed by atoms with Gasteiger partial charge < -0.3 is 10.4 Å². The first kappa shape index (κ1) is 17.4. The van der Waals surface area contributed by atoms with E-state index in [1.807, 2.05) is 0 Å². The van der Waals surface area contributed by atoms with Gasteiger partial charge in [0.15, 0.2) is 5.75 Å². The van der Waals surface area contributed by atoms with E-state index in [-0.39, 0.29) is 28.2 Å². The third-order valence-electron chi connectivity index (χ3n) is 2.74. The Bertz CT molecular complexity index is 710. The van der Waals surface area contributed by atoms with Crippen LogP contribution in [0.5, 0.6) is 5.75 Å². The number of halogens is 3. The lowest BCUT2D eigenvalue weighted by Crippen LogP contribution is -2.25. The number of carbonyl (C=O) groups is 1. The second-order valence-electron chi connectivity index (χ2n) is 4.49. The Hall–Kier alpha value is -1.95. The van der Waals surface area contributed by atoms with Crippen LogP contribution in [0.4, 0.5) is 5.69 Å². The summed E-state index contributed by atoms with van der Waals surface area (Å²) in [6.07, 6.45) is 1.37. The van der Waals surface area contributed by atoms with Gasteiger partial charge in [0, 0.05) is 10.7 Å². The van der Waals surface area contributed by atoms with Gasteiger partial charge in [0.1, 0.15) is 0 Å². The van der Waals surface area contributed by atoms with E-state index >= 15 is 0 Å². The van der Waals surface area contributed by atoms with Crippen LogP contribution in [-0.4, -0.2) is 23.8 Å². The highest BCUT2D eigenvalue weighted by Gasteiger charge is 2.05. The first-order valence-electron chi connectivity index (χ1n) is 6.45. The van der Waals surface area contributed by atoms with Gasteiger partial charge in [-0.05, 0) is 42.0 Å². The minimum Gasteiger partial charge on any atom is -0.505 e. The van der Waals surface area contributed by atoms with Crippen LogP contribution in [0.25, 0.3) is 0 Å². The van der Waals surface area contributed by atoms with Gasteiger partial charge >= 0.3 is 0 Å². The second kappa shape index (κ2) is 8.06. The highest BCUT2D eigenvalue weighted by atomic mass is 35.5. The molecule has 0 spiro atoms. The number of hydrazone groups is 1. The van der Waals surface area contributed by atoms with Crippen molar-refractivity contribution in [3.8, 4) is 5.75 Å². The second-order valence-corrected chi connectivity index (χ2v) is 5.74. The van der Waals surface area contributed by atoms with Gasteiger partial charge in [-0.2, -0.15) is 5.10 Å². The predicted molar refractivity (Wildman–Crippen MR) is 93.8 cm³/mol. The first-order chi connectivity index (χ1) is 11.0. The Kier molecular flexibility index (Phi) is 6.10. The number of anilines is 1. The molecule has 5 nitrogen and oxygen atoms in total. The van der Waals surface area contributed by atoms with Crippen molar-refractivity contribution in [1.29, 1.82) is 0 Å². The minimum absolute atomic E-state index is 0.0516. The summed E-state index contributed by atoms with van der Waals surface area (Å²) in [6.45, 7) is 0.0516. The van der Waals surface area contributed by atoms with Crippen molar-refractivity contribution in [3.63, 3.8) is 0 Å². The molecule has 2 aromatic carbocycles. The molecule has 0 aliphatic rings. The molecule has 0 bridgehead atoms. The average molecular weight is 373 g/mol. The van der Waals surface area contributed by atoms with Gasteiger partial charge in [-0.25, -0.2) is 5.43 Å². The SMILES string of the molecule is O=C(CNc1ccc(Cl)cc1)NN=Cc1cc(Cl)c(O)c(Cl)c1. The molecule has 0 saturated carbocycles. The molecule has 0 fully saturated rings. The summed E-state index contributed by atoms with van der Waals surface area (Å²) in [6, 6.07) is 9.92. The summed E-state index contributed by atoms with van der Waals surface area (Å²) in [5, 5.41) is 17.0. The van der Waals surface area contributed by atoms with Gasteiger partial charge in [0.05, 0.1) is 22.8 Å². The molecule has 3 N–H and O–H groups in total. The molecular weight excluding hydrogens is 361 g/mol. The van der Waals surface area contributed by atoms with Crippen molar-refractivity contribution in [1.82, 2.24) is 5.43 Å². The number of rotatable bonds is 5. The summed E-state index contributed by atoms with van der Waals surface area (Å²) in [5.41, 5.74) is 3.67. The van der Waals surface area contributed by atoms with Gasteiger partial charge in [-0.3, -0.25) is 4.79 Å². The fourth-order valence-corrected chi connectivity index (χ4v) is 2.26. The number of aromatic hydroxyl groups is 1. The van der Waals surface area contributed by atoms with Crippen LogP contribution in [0.15, 0.2) is 41.5 Å². The fourth-order valence-electron chi connectivity index (χ4n) is 1.63. The fraction of sp³-hybridized carbons (Fsp3) is 0.0667. The molecule has 8 heteroatoms. The zero-order valence-corrected chi connectivity index (χ0v) is 14.0. The third kappa shape index (κ3) is 5.32. The maximum Gasteiger partial charge on any atom is 0.259 e. The Morgan fingerprint density at radius 2 is 1.74 bits per heavy atom. The Balaban J connectivity index is 1.85. The topological polar surface area (TPSA) is 73.7 Å². The van der Waals surface area contributed by atoms with Crippen molar-refractivity contribution in [2.45, 2.75) is 0 Å². The van der Waals surface area contributed by atoms with E-state index in [4.69, 9.17) is 34.8 Å². The summed E-state index contributed by atoms with van der Waals surface area (Å²) in [5.74, 6) is -0.520. The lowest BCUT2D eigenvalue weighted by atomic mass is 10.2. The van der Waals surface area contributed by atoms with E-state index in [9.17, 15) is 9.90 Å². The number of amides is 1. The zero-order chi connectivity index (χ0) is 16.8. The smallest absolute Gasteiger partial charge is 0.259 e. The van der Waals surface area contributed by atoms with Crippen molar-refractivity contribution in [2.75, 3.05) is 11.9 Å². The molecule has 0 radical (unpaired) electrons. The zero-order valence-electron chi connectivity index (χ0n) is 11.7. The number of hydrogen-bond acceptors (Lipinski definition) is 4. The number of hydrogen-bond donors (Lipinski definition) is 3. The quantitative estimate of drug-likeness (QED) is 0.550. The van der Waals surface area contributed by atoms with E-state index < -0.39 is 0 Å². The Labute approximate surface area is 147 Å². The molecule has 120 valence electrons. The molecule has 0 heterocycles. The van der Waals surface area contributed by atoms with Gasteiger partial charge in [-0.1, -0.05) is 34.8 Å². The average Bonchev–Trinajstić information content (AvgIpc) is 2.52. The Morgan fingerprint density at radius 1 is 1.13 bits per heavy atom. The lowest BCUT2D eigenvalue weighted by Gasteiger charge is -2.05. The van der Waals surface area contributed by atoms with Gasteiger partial charge in [-0.15, -0.1) is 0 Å². The van der Waals surface area contributed by atoms with E-state index in [2.05, 4.69) is 15.8 Å². The van der Waals surface area contributed by atoms with Crippen molar-refractivity contribution >= 4 is 52.6 Å². The molecule has 2 aromatic rings. The highest BCUT2D eigenvalue weighted by Crippen LogP contribution is 2.32. The van der Waals surface area contributed by atoms with E-state index in [1.165, 1.54) is 18.3 Å². The normalized spacial score (nSPS) is 10.7. The third-order valence-corrected chi connectivity index (χ3v) is 3.57. The molecule has 23 heavy (non-hydrogen) atoms. The van der Waals surface area contributed by atoms with Crippen LogP contribution in [0, 0.1) is 0 Å². The van der Waals surface area contributed by atoms with E-state index in [0.29, 0.717) is 10.6 Å². The predicted octanol–water partition coefficient (Wildman–Crippen LogP) is 3.91. The van der Waals surface area contributed by atoms with Crippen LogP contribution >= 0.6 is 34.8 Å². The Morgan fingerprint density at radius 3 is 2.35 bits per heavy atom. The first-order valence-corrected chi connectivity index (χ1v) is 7.58. The number of nitrogens with zero attached hydrogens (tertiary/aromatic N) is 1. The van der Waals surface area contributed by atoms with Crippen LogP contribution < -0.4 is 10.7 Å². The van der Waals surface area contributed by atoms with Crippen molar-refractivity contribution in [3.05, 3.63) is 57.0 Å². The lowest BCUT2D eigenvalue weighted by molar-refractivity contribution is -0.119. The molecule has 0 aliphatic heterocycles. The number of nitrogens with one attached hydrogen (secondary N) is 2. The highest BCUT2D eigenvalue weighted by molar-refractivity contribution is 6.37. The molecule has 1 amide bonds. The molecule has 0 atom stereocenters. The van der Waals surface area contributed by atoms with E-state index in [1.54, 1.807) is 24.3 Å². The standard InChI is InChI=1S/C15H12Cl3N3O2/c16-10-1-3-11(4-2-10)19-8-14(22)21-20-7-9-5-12(17)15(23)13(18)6-9/h1-7,19,23H,8H2,(H,21,22). The van der Waals surface area contributed by atoms with Crippen molar-refractivity contribution < 1.29 is 9.90 Å². The number of phenolic OH excluding ortho intramolecular Hbond substituents is 1. The van der Waals surface area contributed by atoms with E-state index in [0.717, 1.165) is 5.69 Å². The molecular formula is C15H12Cl3N3O2. The van der Waals surface area contributed by atoms with Crippen LogP contribution in [0.3, 0.4) is 0 Å².